The van der Waals surface area contributed by atoms with Crippen LogP contribution >= 0.6 is 11.8 Å². The average molecular weight is 296 g/mol. The van der Waals surface area contributed by atoms with Gasteiger partial charge in [0.15, 0.2) is 0 Å². The zero-order valence-electron chi connectivity index (χ0n) is 10.1. The Morgan fingerprint density at radius 1 is 1.25 bits per heavy atom. The molecule has 0 radical (unpaired) electrons. The molecule has 1 aromatic carbocycles. The number of non-ortho nitro benzene ring substituents is 1. The summed E-state index contributed by atoms with van der Waals surface area (Å²) >= 11 is 0.911. The molecule has 2 N–H and O–H groups in total. The molecule has 0 atom stereocenters. The lowest BCUT2D eigenvalue weighted by molar-refractivity contribution is -0.396. The highest BCUT2D eigenvalue weighted by Crippen LogP contribution is 2.35. The molecule has 104 valence electrons. The van der Waals surface area contributed by atoms with Crippen molar-refractivity contribution < 1.29 is 9.85 Å². The van der Waals surface area contributed by atoms with Crippen LogP contribution in [0.4, 0.5) is 11.4 Å². The summed E-state index contributed by atoms with van der Waals surface area (Å²) < 4.78 is 1.18. The molecule has 2 aromatic rings. The van der Waals surface area contributed by atoms with Crippen molar-refractivity contribution in [2.24, 2.45) is 0 Å². The SMILES string of the molecule is Cc1nnc(Sc2ccc([N+](=O)[O-])cc2[N+](=O)[O-])n1N. The molecule has 0 aliphatic carbocycles. The zero-order chi connectivity index (χ0) is 14.9. The topological polar surface area (TPSA) is 143 Å². The highest BCUT2D eigenvalue weighted by molar-refractivity contribution is 7.99. The van der Waals surface area contributed by atoms with Crippen LogP contribution in [0.2, 0.25) is 0 Å². The van der Waals surface area contributed by atoms with Crippen LogP contribution in [0.3, 0.4) is 0 Å². The number of benzene rings is 1. The second kappa shape index (κ2) is 5.13. The molecule has 0 bridgehead atoms. The van der Waals surface area contributed by atoms with Crippen molar-refractivity contribution in [2.45, 2.75) is 17.0 Å². The quantitative estimate of drug-likeness (QED) is 0.504. The molecule has 0 amide bonds. The van der Waals surface area contributed by atoms with Gasteiger partial charge in [0.05, 0.1) is 20.8 Å². The van der Waals surface area contributed by atoms with Gasteiger partial charge in [-0.05, 0) is 24.8 Å². The van der Waals surface area contributed by atoms with Crippen molar-refractivity contribution in [2.75, 3.05) is 5.84 Å². The van der Waals surface area contributed by atoms with Gasteiger partial charge in [0.25, 0.3) is 11.4 Å². The summed E-state index contributed by atoms with van der Waals surface area (Å²) in [6.07, 6.45) is 0. The molecule has 0 spiro atoms. The summed E-state index contributed by atoms with van der Waals surface area (Å²) in [5.74, 6) is 6.09. The van der Waals surface area contributed by atoms with Crippen molar-refractivity contribution in [3.8, 4) is 0 Å². The highest BCUT2D eigenvalue weighted by Gasteiger charge is 2.22. The molecule has 0 aliphatic rings. The van der Waals surface area contributed by atoms with E-state index in [1.165, 1.54) is 16.8 Å². The smallest absolute Gasteiger partial charge is 0.290 e. The summed E-state index contributed by atoms with van der Waals surface area (Å²) in [5, 5.41) is 29.3. The lowest BCUT2D eigenvalue weighted by Crippen LogP contribution is -2.11. The first kappa shape index (κ1) is 13.7. The van der Waals surface area contributed by atoms with Gasteiger partial charge in [-0.1, -0.05) is 0 Å². The van der Waals surface area contributed by atoms with Gasteiger partial charge in [0.1, 0.15) is 5.82 Å². The Balaban J connectivity index is 2.43. The molecule has 1 heterocycles. The molecule has 2 rings (SSSR count). The summed E-state index contributed by atoms with van der Waals surface area (Å²) in [7, 11) is 0. The summed E-state index contributed by atoms with van der Waals surface area (Å²) in [5.41, 5.74) is -0.740. The Kier molecular flexibility index (Phi) is 3.52. The molecule has 20 heavy (non-hydrogen) atoms. The molecule has 0 saturated carbocycles. The molecule has 10 nitrogen and oxygen atoms in total. The van der Waals surface area contributed by atoms with Crippen molar-refractivity contribution in [3.05, 3.63) is 44.3 Å². The van der Waals surface area contributed by atoms with E-state index in [-0.39, 0.29) is 21.4 Å². The Morgan fingerprint density at radius 3 is 2.45 bits per heavy atom. The third kappa shape index (κ3) is 2.51. The number of aromatic nitrogens is 3. The monoisotopic (exact) mass is 296 g/mol. The van der Waals surface area contributed by atoms with Crippen LogP contribution in [0.15, 0.2) is 28.3 Å². The van der Waals surface area contributed by atoms with Gasteiger partial charge >= 0.3 is 0 Å². The maximum absolute atomic E-state index is 11.0. The van der Waals surface area contributed by atoms with E-state index < -0.39 is 9.85 Å². The molecule has 1 aromatic heterocycles. The van der Waals surface area contributed by atoms with Gasteiger partial charge in [-0.2, -0.15) is 0 Å². The average Bonchev–Trinajstić information content (AvgIpc) is 2.70. The largest absolute Gasteiger partial charge is 0.336 e. The van der Waals surface area contributed by atoms with Gasteiger partial charge < -0.3 is 5.84 Å². The second-order valence-electron chi connectivity index (χ2n) is 3.67. The predicted molar refractivity (Wildman–Crippen MR) is 68.8 cm³/mol. The minimum absolute atomic E-state index is 0.194. The minimum Gasteiger partial charge on any atom is -0.336 e. The van der Waals surface area contributed by atoms with E-state index in [0.717, 1.165) is 17.8 Å². The highest BCUT2D eigenvalue weighted by atomic mass is 32.2. The zero-order valence-corrected chi connectivity index (χ0v) is 10.9. The van der Waals surface area contributed by atoms with E-state index >= 15 is 0 Å². The minimum atomic E-state index is -0.697. The van der Waals surface area contributed by atoms with Crippen LogP contribution in [0, 0.1) is 27.2 Å². The summed E-state index contributed by atoms with van der Waals surface area (Å²) in [6.45, 7) is 1.63. The second-order valence-corrected chi connectivity index (χ2v) is 4.68. The third-order valence-corrected chi connectivity index (χ3v) is 3.41. The number of nitrogens with zero attached hydrogens (tertiary/aromatic N) is 5. The number of nitro benzene ring substituents is 2. The lowest BCUT2D eigenvalue weighted by Gasteiger charge is -2.02. The van der Waals surface area contributed by atoms with E-state index in [2.05, 4.69) is 10.2 Å². The van der Waals surface area contributed by atoms with Crippen LogP contribution in [0.1, 0.15) is 5.82 Å². The van der Waals surface area contributed by atoms with Gasteiger partial charge in [-0.3, -0.25) is 20.2 Å². The molecular weight excluding hydrogens is 288 g/mol. The van der Waals surface area contributed by atoms with E-state index in [1.54, 1.807) is 6.92 Å². The van der Waals surface area contributed by atoms with Gasteiger partial charge in [-0.15, -0.1) is 10.2 Å². The van der Waals surface area contributed by atoms with Gasteiger partial charge in [-0.25, -0.2) is 4.68 Å². The van der Waals surface area contributed by atoms with Gasteiger partial charge in [0, 0.05) is 6.07 Å². The van der Waals surface area contributed by atoms with E-state index in [9.17, 15) is 20.2 Å². The third-order valence-electron chi connectivity index (χ3n) is 2.39. The molecule has 0 unspecified atom stereocenters. The molecule has 0 aliphatic heterocycles. The summed E-state index contributed by atoms with van der Waals surface area (Å²) in [6, 6.07) is 3.36. The fourth-order valence-electron chi connectivity index (χ4n) is 1.37. The lowest BCUT2D eigenvalue weighted by atomic mass is 10.3. The Morgan fingerprint density at radius 2 is 1.95 bits per heavy atom. The van der Waals surface area contributed by atoms with E-state index in [0.29, 0.717) is 5.82 Å². The van der Waals surface area contributed by atoms with Crippen molar-refractivity contribution in [1.82, 2.24) is 14.9 Å². The van der Waals surface area contributed by atoms with E-state index in [1.807, 2.05) is 0 Å². The van der Waals surface area contributed by atoms with Gasteiger partial charge in [0.2, 0.25) is 5.16 Å². The van der Waals surface area contributed by atoms with Crippen LogP contribution in [-0.4, -0.2) is 24.7 Å². The fraction of sp³-hybridized carbons (Fsp3) is 0.111. The molecule has 11 heteroatoms. The normalized spacial score (nSPS) is 10.4. The number of rotatable bonds is 4. The number of hydrogen-bond donors (Lipinski definition) is 1. The standard InChI is InChI=1S/C9H8N6O4S/c1-5-11-12-9(13(5)10)20-8-3-2-6(14(16)17)4-7(8)15(18)19/h2-4H,10H2,1H3. The van der Waals surface area contributed by atoms with Crippen molar-refractivity contribution in [3.63, 3.8) is 0 Å². The van der Waals surface area contributed by atoms with Crippen molar-refractivity contribution in [1.29, 1.82) is 0 Å². The Labute approximate surface area is 115 Å². The number of nitrogen functional groups attached to an aromatic ring is 1. The Bertz CT molecular complexity index is 700. The molecular formula is C9H8N6O4S. The number of nitro groups is 2. The van der Waals surface area contributed by atoms with Crippen LogP contribution in [0.5, 0.6) is 0 Å². The summed E-state index contributed by atoms with van der Waals surface area (Å²) in [4.78, 5) is 20.4. The fourth-order valence-corrected chi connectivity index (χ4v) is 2.25. The number of aryl methyl sites for hydroxylation is 1. The first-order valence-corrected chi connectivity index (χ1v) is 5.99. The first-order valence-electron chi connectivity index (χ1n) is 5.18. The number of hydrogen-bond acceptors (Lipinski definition) is 8. The van der Waals surface area contributed by atoms with Crippen LogP contribution < -0.4 is 5.84 Å². The maximum atomic E-state index is 11.0. The molecule has 0 fully saturated rings. The number of nitrogens with two attached hydrogens (primary N) is 1. The molecule has 0 saturated heterocycles. The first-order chi connectivity index (χ1) is 9.40. The van der Waals surface area contributed by atoms with Crippen molar-refractivity contribution >= 4 is 23.1 Å². The van der Waals surface area contributed by atoms with Crippen LogP contribution in [0.25, 0.3) is 0 Å². The van der Waals surface area contributed by atoms with E-state index in [4.69, 9.17) is 5.84 Å². The predicted octanol–water partition coefficient (Wildman–Crippen LogP) is 1.27. The Hall–Kier alpha value is -2.69. The maximum Gasteiger partial charge on any atom is 0.290 e. The van der Waals surface area contributed by atoms with Crippen LogP contribution in [-0.2, 0) is 0 Å².